The van der Waals surface area contributed by atoms with Crippen molar-refractivity contribution in [3.8, 4) is 0 Å². The number of rotatable bonds is 4. The highest BCUT2D eigenvalue weighted by Gasteiger charge is 2.29. The Morgan fingerprint density at radius 3 is 2.76 bits per heavy atom. The number of carbonyl (C=O) groups is 1. The van der Waals surface area contributed by atoms with E-state index in [0.29, 0.717) is 12.5 Å². The minimum atomic E-state index is -0.330. The SMILES string of the molecule is CCOC(=O)NC1CCC(N)C(Cc2ccc(Cl)cc2)C1. The zero-order valence-corrected chi connectivity index (χ0v) is 13.1. The summed E-state index contributed by atoms with van der Waals surface area (Å²) in [6.45, 7) is 2.20. The van der Waals surface area contributed by atoms with Gasteiger partial charge >= 0.3 is 6.09 Å². The molecule has 1 saturated carbocycles. The van der Waals surface area contributed by atoms with Crippen LogP contribution in [-0.2, 0) is 11.2 Å². The van der Waals surface area contributed by atoms with Gasteiger partial charge in [-0.15, -0.1) is 0 Å². The Kier molecular flexibility index (Phi) is 5.88. The first-order chi connectivity index (χ1) is 10.1. The smallest absolute Gasteiger partial charge is 0.407 e. The van der Waals surface area contributed by atoms with Gasteiger partial charge < -0.3 is 15.8 Å². The van der Waals surface area contributed by atoms with Gasteiger partial charge in [-0.25, -0.2) is 4.79 Å². The van der Waals surface area contributed by atoms with Crippen LogP contribution in [0.15, 0.2) is 24.3 Å². The predicted molar refractivity (Wildman–Crippen MR) is 84.4 cm³/mol. The summed E-state index contributed by atoms with van der Waals surface area (Å²) >= 11 is 5.91. The molecule has 0 spiro atoms. The summed E-state index contributed by atoms with van der Waals surface area (Å²) in [5.41, 5.74) is 7.47. The maximum Gasteiger partial charge on any atom is 0.407 e. The number of hydrogen-bond donors (Lipinski definition) is 2. The molecule has 0 heterocycles. The van der Waals surface area contributed by atoms with Crippen LogP contribution in [-0.4, -0.2) is 24.8 Å². The van der Waals surface area contributed by atoms with Gasteiger partial charge in [0, 0.05) is 17.1 Å². The average molecular weight is 311 g/mol. The molecule has 1 amide bonds. The lowest BCUT2D eigenvalue weighted by molar-refractivity contribution is 0.140. The fourth-order valence-corrected chi connectivity index (χ4v) is 3.04. The van der Waals surface area contributed by atoms with Crippen molar-refractivity contribution in [2.24, 2.45) is 11.7 Å². The van der Waals surface area contributed by atoms with Crippen molar-refractivity contribution < 1.29 is 9.53 Å². The molecular formula is C16H23ClN2O2. The lowest BCUT2D eigenvalue weighted by Gasteiger charge is -2.34. The van der Waals surface area contributed by atoms with E-state index in [4.69, 9.17) is 22.1 Å². The van der Waals surface area contributed by atoms with Crippen LogP contribution in [0.1, 0.15) is 31.7 Å². The molecule has 3 atom stereocenters. The molecule has 0 aromatic heterocycles. The summed E-state index contributed by atoms with van der Waals surface area (Å²) in [4.78, 5) is 11.5. The number of amides is 1. The molecule has 2 rings (SSSR count). The summed E-state index contributed by atoms with van der Waals surface area (Å²) in [6.07, 6.45) is 3.32. The first kappa shape index (κ1) is 16.1. The van der Waals surface area contributed by atoms with E-state index in [9.17, 15) is 4.79 Å². The molecule has 0 radical (unpaired) electrons. The number of hydrogen-bond acceptors (Lipinski definition) is 3. The number of nitrogens with two attached hydrogens (primary N) is 1. The van der Waals surface area contributed by atoms with Crippen LogP contribution in [0.4, 0.5) is 4.79 Å². The van der Waals surface area contributed by atoms with Crippen LogP contribution in [0.5, 0.6) is 0 Å². The van der Waals surface area contributed by atoms with Crippen LogP contribution in [0, 0.1) is 5.92 Å². The Balaban J connectivity index is 1.91. The maximum absolute atomic E-state index is 11.5. The zero-order chi connectivity index (χ0) is 15.2. The lowest BCUT2D eigenvalue weighted by Crippen LogP contribution is -2.46. The number of ether oxygens (including phenoxy) is 1. The van der Waals surface area contributed by atoms with Gasteiger partial charge in [-0.3, -0.25) is 0 Å². The number of carbonyl (C=O) groups excluding carboxylic acids is 1. The Bertz CT molecular complexity index is 464. The third-order valence-electron chi connectivity index (χ3n) is 4.05. The Hall–Kier alpha value is -1.26. The summed E-state index contributed by atoms with van der Waals surface area (Å²) in [5.74, 6) is 0.367. The van der Waals surface area contributed by atoms with E-state index in [2.05, 4.69) is 5.32 Å². The highest BCUT2D eigenvalue weighted by Crippen LogP contribution is 2.27. The highest BCUT2D eigenvalue weighted by atomic mass is 35.5. The van der Waals surface area contributed by atoms with Crippen molar-refractivity contribution in [1.29, 1.82) is 0 Å². The lowest BCUT2D eigenvalue weighted by atomic mass is 9.79. The van der Waals surface area contributed by atoms with Crippen molar-refractivity contribution in [2.75, 3.05) is 6.61 Å². The maximum atomic E-state index is 11.5. The molecule has 1 aromatic carbocycles. The Morgan fingerprint density at radius 2 is 2.10 bits per heavy atom. The van der Waals surface area contributed by atoms with Crippen LogP contribution in [0.2, 0.25) is 5.02 Å². The average Bonchev–Trinajstić information content (AvgIpc) is 2.45. The number of benzene rings is 1. The molecule has 1 aliphatic rings. The molecule has 1 fully saturated rings. The molecule has 1 aliphatic carbocycles. The van der Waals surface area contributed by atoms with E-state index >= 15 is 0 Å². The number of halogens is 1. The van der Waals surface area contributed by atoms with Crippen molar-refractivity contribution >= 4 is 17.7 Å². The van der Waals surface area contributed by atoms with E-state index in [0.717, 1.165) is 30.7 Å². The third-order valence-corrected chi connectivity index (χ3v) is 4.30. The quantitative estimate of drug-likeness (QED) is 0.898. The second-order valence-electron chi connectivity index (χ2n) is 5.63. The summed E-state index contributed by atoms with van der Waals surface area (Å²) in [5, 5.41) is 3.67. The molecule has 21 heavy (non-hydrogen) atoms. The van der Waals surface area contributed by atoms with Gasteiger partial charge in [0.2, 0.25) is 0 Å². The van der Waals surface area contributed by atoms with E-state index in [1.54, 1.807) is 6.92 Å². The van der Waals surface area contributed by atoms with Crippen molar-refractivity contribution in [2.45, 2.75) is 44.7 Å². The topological polar surface area (TPSA) is 64.3 Å². The van der Waals surface area contributed by atoms with Gasteiger partial charge in [0.25, 0.3) is 0 Å². The normalized spacial score (nSPS) is 25.4. The van der Waals surface area contributed by atoms with Crippen LogP contribution in [0.25, 0.3) is 0 Å². The van der Waals surface area contributed by atoms with E-state index in [1.807, 2.05) is 24.3 Å². The standard InChI is InChI=1S/C16H23ClN2O2/c1-2-21-16(20)19-14-7-8-15(18)12(10-14)9-11-3-5-13(17)6-4-11/h3-6,12,14-15H,2,7-10,18H2,1H3,(H,19,20). The first-order valence-electron chi connectivity index (χ1n) is 7.51. The number of nitrogens with one attached hydrogen (secondary N) is 1. The van der Waals surface area contributed by atoms with Gasteiger partial charge in [0.05, 0.1) is 6.61 Å². The van der Waals surface area contributed by atoms with Gasteiger partial charge in [-0.1, -0.05) is 23.7 Å². The summed E-state index contributed by atoms with van der Waals surface area (Å²) in [7, 11) is 0. The Morgan fingerprint density at radius 1 is 1.38 bits per heavy atom. The van der Waals surface area contributed by atoms with Crippen LogP contribution < -0.4 is 11.1 Å². The van der Waals surface area contributed by atoms with Crippen LogP contribution in [0.3, 0.4) is 0 Å². The second kappa shape index (κ2) is 7.66. The Labute approximate surface area is 131 Å². The van der Waals surface area contributed by atoms with E-state index < -0.39 is 0 Å². The summed E-state index contributed by atoms with van der Waals surface area (Å²) in [6, 6.07) is 8.22. The van der Waals surface area contributed by atoms with E-state index in [1.165, 1.54) is 5.56 Å². The first-order valence-corrected chi connectivity index (χ1v) is 7.89. The zero-order valence-electron chi connectivity index (χ0n) is 12.3. The largest absolute Gasteiger partial charge is 0.450 e. The molecule has 0 bridgehead atoms. The van der Waals surface area contributed by atoms with Crippen molar-refractivity contribution in [3.05, 3.63) is 34.9 Å². The minimum absolute atomic E-state index is 0.154. The molecule has 4 nitrogen and oxygen atoms in total. The molecular weight excluding hydrogens is 288 g/mol. The molecule has 3 N–H and O–H groups in total. The van der Waals surface area contributed by atoms with Gasteiger partial charge in [-0.05, 0) is 56.2 Å². The number of alkyl carbamates (subject to hydrolysis) is 1. The molecule has 0 aliphatic heterocycles. The van der Waals surface area contributed by atoms with Crippen molar-refractivity contribution in [3.63, 3.8) is 0 Å². The summed E-state index contributed by atoms with van der Waals surface area (Å²) < 4.78 is 4.94. The predicted octanol–water partition coefficient (Wildman–Crippen LogP) is 3.12. The molecule has 1 aromatic rings. The third kappa shape index (κ3) is 4.90. The van der Waals surface area contributed by atoms with Gasteiger partial charge in [-0.2, -0.15) is 0 Å². The fraction of sp³-hybridized carbons (Fsp3) is 0.562. The van der Waals surface area contributed by atoms with Crippen molar-refractivity contribution in [1.82, 2.24) is 5.32 Å². The molecule has 5 heteroatoms. The molecule has 3 unspecified atom stereocenters. The van der Waals surface area contributed by atoms with E-state index in [-0.39, 0.29) is 18.2 Å². The monoisotopic (exact) mass is 310 g/mol. The molecule has 0 saturated heterocycles. The van der Waals surface area contributed by atoms with Gasteiger partial charge in [0.1, 0.15) is 0 Å². The highest BCUT2D eigenvalue weighted by molar-refractivity contribution is 6.30. The minimum Gasteiger partial charge on any atom is -0.450 e. The fourth-order valence-electron chi connectivity index (χ4n) is 2.92. The van der Waals surface area contributed by atoms with Gasteiger partial charge in [0.15, 0.2) is 0 Å². The van der Waals surface area contributed by atoms with Crippen LogP contribution >= 0.6 is 11.6 Å². The second-order valence-corrected chi connectivity index (χ2v) is 6.07. The molecule has 116 valence electrons.